The van der Waals surface area contributed by atoms with Crippen molar-refractivity contribution in [3.8, 4) is 0 Å². The van der Waals surface area contributed by atoms with E-state index in [1.165, 1.54) is 18.2 Å². The smallest absolute Gasteiger partial charge is 0.345 e. The van der Waals surface area contributed by atoms with Crippen LogP contribution in [0.5, 0.6) is 0 Å². The minimum atomic E-state index is -1.05. The quantitative estimate of drug-likeness (QED) is 0.709. The van der Waals surface area contributed by atoms with Crippen molar-refractivity contribution in [2.45, 2.75) is 0 Å². The maximum atomic E-state index is 11.7. The molecule has 1 heterocycles. The number of anilines is 1. The Morgan fingerprint density at radius 2 is 1.91 bits per heavy atom. The molecule has 0 aliphatic rings. The number of aromatic amines is 2. The molecule has 2 rings (SSSR count). The number of amides is 1. The van der Waals surface area contributed by atoms with Gasteiger partial charge in [0.05, 0.1) is 10.0 Å². The molecule has 0 aliphatic carbocycles. The molecule has 0 spiro atoms. The largest absolute Gasteiger partial charge is 0.452 e. The zero-order valence-corrected chi connectivity index (χ0v) is 12.8. The van der Waals surface area contributed by atoms with Gasteiger partial charge in [-0.05, 0) is 18.2 Å². The molecule has 0 unspecified atom stereocenters. The molecule has 1 aromatic heterocycles. The second kappa shape index (κ2) is 7.12. The van der Waals surface area contributed by atoms with Gasteiger partial charge in [0, 0.05) is 11.9 Å². The first-order valence-corrected chi connectivity index (χ1v) is 6.86. The molecule has 0 atom stereocenters. The number of halogens is 2. The molecule has 0 radical (unpaired) electrons. The normalized spacial score (nSPS) is 10.2. The summed E-state index contributed by atoms with van der Waals surface area (Å²) < 4.78 is 4.68. The monoisotopic (exact) mass is 357 g/mol. The average Bonchev–Trinajstić information content (AvgIpc) is 2.48. The summed E-state index contributed by atoms with van der Waals surface area (Å²) in [6.07, 6.45) is 0.903. The summed E-state index contributed by atoms with van der Waals surface area (Å²) in [7, 11) is 0. The Kier molecular flexibility index (Phi) is 5.20. The molecule has 0 saturated carbocycles. The topological polar surface area (TPSA) is 121 Å². The van der Waals surface area contributed by atoms with Crippen molar-refractivity contribution in [1.82, 2.24) is 9.97 Å². The van der Waals surface area contributed by atoms with Crippen molar-refractivity contribution >= 4 is 40.8 Å². The molecule has 1 amide bonds. The highest BCUT2D eigenvalue weighted by molar-refractivity contribution is 6.42. The standard InChI is InChI=1S/C13H9Cl2N3O5/c14-8-2-1-6(3-9(8)15)17-10(19)5-23-12(21)7-4-16-13(22)18-11(7)20/h1-4H,5H2,(H,17,19)(H2,16,18,20,22). The molecule has 0 aliphatic heterocycles. The van der Waals surface area contributed by atoms with E-state index in [1.807, 2.05) is 4.98 Å². The number of aromatic nitrogens is 2. The van der Waals surface area contributed by atoms with E-state index >= 15 is 0 Å². The van der Waals surface area contributed by atoms with Crippen LogP contribution in [0.2, 0.25) is 10.0 Å². The molecule has 23 heavy (non-hydrogen) atoms. The van der Waals surface area contributed by atoms with E-state index < -0.39 is 35.3 Å². The maximum absolute atomic E-state index is 11.7. The molecule has 8 nitrogen and oxygen atoms in total. The number of ether oxygens (including phenoxy) is 1. The maximum Gasteiger partial charge on any atom is 0.345 e. The van der Waals surface area contributed by atoms with Crippen LogP contribution in [-0.4, -0.2) is 28.5 Å². The van der Waals surface area contributed by atoms with E-state index in [0.717, 1.165) is 6.20 Å². The third kappa shape index (κ3) is 4.44. The summed E-state index contributed by atoms with van der Waals surface area (Å²) in [5.74, 6) is -1.69. The summed E-state index contributed by atoms with van der Waals surface area (Å²) in [6.45, 7) is -0.627. The van der Waals surface area contributed by atoms with Gasteiger partial charge < -0.3 is 15.0 Å². The number of nitrogens with one attached hydrogen (secondary N) is 3. The summed E-state index contributed by atoms with van der Waals surface area (Å²) >= 11 is 11.5. The van der Waals surface area contributed by atoms with E-state index in [4.69, 9.17) is 23.2 Å². The molecular formula is C13H9Cl2N3O5. The van der Waals surface area contributed by atoms with Crippen LogP contribution in [0.3, 0.4) is 0 Å². The number of hydrogen-bond donors (Lipinski definition) is 3. The van der Waals surface area contributed by atoms with E-state index in [0.29, 0.717) is 10.7 Å². The Morgan fingerprint density at radius 1 is 1.17 bits per heavy atom. The van der Waals surface area contributed by atoms with Crippen LogP contribution in [0.1, 0.15) is 10.4 Å². The van der Waals surface area contributed by atoms with Crippen molar-refractivity contribution in [3.63, 3.8) is 0 Å². The second-order valence-electron chi connectivity index (χ2n) is 4.24. The summed E-state index contributed by atoms with van der Waals surface area (Å²) in [5, 5.41) is 3.02. The summed E-state index contributed by atoms with van der Waals surface area (Å²) in [5.41, 5.74) is -1.73. The van der Waals surface area contributed by atoms with Crippen molar-refractivity contribution in [2.24, 2.45) is 0 Å². The fraction of sp³-hybridized carbons (Fsp3) is 0.0769. The minimum absolute atomic E-state index is 0.251. The molecule has 120 valence electrons. The van der Waals surface area contributed by atoms with Crippen LogP contribution in [0.25, 0.3) is 0 Å². The third-order valence-corrected chi connectivity index (χ3v) is 3.32. The van der Waals surface area contributed by atoms with Gasteiger partial charge in [-0.3, -0.25) is 14.6 Å². The Hall–Kier alpha value is -2.58. The number of esters is 1. The van der Waals surface area contributed by atoms with Gasteiger partial charge >= 0.3 is 11.7 Å². The van der Waals surface area contributed by atoms with Gasteiger partial charge in [0.1, 0.15) is 5.56 Å². The third-order valence-electron chi connectivity index (χ3n) is 2.58. The first kappa shape index (κ1) is 16.8. The first-order chi connectivity index (χ1) is 10.9. The zero-order valence-electron chi connectivity index (χ0n) is 11.3. The molecule has 0 fully saturated rings. The lowest BCUT2D eigenvalue weighted by molar-refractivity contribution is -0.119. The van der Waals surface area contributed by atoms with E-state index in [1.54, 1.807) is 0 Å². The van der Waals surface area contributed by atoms with Crippen LogP contribution in [0.4, 0.5) is 5.69 Å². The van der Waals surface area contributed by atoms with Crippen LogP contribution in [0.15, 0.2) is 34.0 Å². The van der Waals surface area contributed by atoms with E-state index in [9.17, 15) is 19.2 Å². The van der Waals surface area contributed by atoms with Crippen molar-refractivity contribution in [1.29, 1.82) is 0 Å². The fourth-order valence-corrected chi connectivity index (χ4v) is 1.84. The van der Waals surface area contributed by atoms with Crippen molar-refractivity contribution < 1.29 is 14.3 Å². The number of carbonyl (C=O) groups is 2. The first-order valence-electron chi connectivity index (χ1n) is 6.11. The Balaban J connectivity index is 1.95. The highest BCUT2D eigenvalue weighted by Crippen LogP contribution is 2.24. The Bertz CT molecular complexity index is 874. The summed E-state index contributed by atoms with van der Waals surface area (Å²) in [4.78, 5) is 49.5. The Morgan fingerprint density at radius 3 is 2.57 bits per heavy atom. The minimum Gasteiger partial charge on any atom is -0.452 e. The van der Waals surface area contributed by atoms with Crippen molar-refractivity contribution in [3.05, 3.63) is 60.8 Å². The highest BCUT2D eigenvalue weighted by Gasteiger charge is 2.14. The lowest BCUT2D eigenvalue weighted by atomic mass is 10.3. The number of carbonyl (C=O) groups excluding carboxylic acids is 2. The zero-order chi connectivity index (χ0) is 17.0. The Labute approximate surface area is 138 Å². The van der Waals surface area contributed by atoms with Gasteiger partial charge in [0.2, 0.25) is 0 Å². The van der Waals surface area contributed by atoms with Crippen LogP contribution in [-0.2, 0) is 9.53 Å². The number of H-pyrrole nitrogens is 2. The van der Waals surface area contributed by atoms with Gasteiger partial charge in [-0.2, -0.15) is 0 Å². The van der Waals surface area contributed by atoms with Crippen LogP contribution < -0.4 is 16.6 Å². The van der Waals surface area contributed by atoms with E-state index in [2.05, 4.69) is 15.0 Å². The molecule has 1 aromatic carbocycles. The lowest BCUT2D eigenvalue weighted by Gasteiger charge is -2.07. The molecule has 0 bridgehead atoms. The average molecular weight is 358 g/mol. The van der Waals surface area contributed by atoms with Crippen molar-refractivity contribution in [2.75, 3.05) is 11.9 Å². The molecule has 0 saturated heterocycles. The number of benzene rings is 1. The van der Waals surface area contributed by atoms with Gasteiger partial charge in [-0.15, -0.1) is 0 Å². The summed E-state index contributed by atoms with van der Waals surface area (Å²) in [6, 6.07) is 4.43. The van der Waals surface area contributed by atoms with Gasteiger partial charge in [0.25, 0.3) is 11.5 Å². The van der Waals surface area contributed by atoms with Crippen LogP contribution in [0, 0.1) is 0 Å². The molecule has 3 N–H and O–H groups in total. The molecule has 10 heteroatoms. The second-order valence-corrected chi connectivity index (χ2v) is 5.05. The molecular weight excluding hydrogens is 349 g/mol. The number of hydrogen-bond acceptors (Lipinski definition) is 5. The van der Waals surface area contributed by atoms with Crippen LogP contribution >= 0.6 is 23.2 Å². The predicted molar refractivity (Wildman–Crippen MR) is 83.1 cm³/mol. The van der Waals surface area contributed by atoms with Gasteiger partial charge in [0.15, 0.2) is 6.61 Å². The fourth-order valence-electron chi connectivity index (χ4n) is 1.54. The SMILES string of the molecule is O=C(COC(=O)c1c[nH]c(=O)[nH]c1=O)Nc1ccc(Cl)c(Cl)c1. The van der Waals surface area contributed by atoms with Gasteiger partial charge in [-0.25, -0.2) is 9.59 Å². The number of rotatable bonds is 4. The van der Waals surface area contributed by atoms with Gasteiger partial charge in [-0.1, -0.05) is 23.2 Å². The lowest BCUT2D eigenvalue weighted by Crippen LogP contribution is -2.29. The molecule has 2 aromatic rings. The highest BCUT2D eigenvalue weighted by atomic mass is 35.5. The predicted octanol–water partition coefficient (Wildman–Crippen LogP) is 1.17. The van der Waals surface area contributed by atoms with E-state index in [-0.39, 0.29) is 5.02 Å².